The van der Waals surface area contributed by atoms with E-state index >= 15 is 0 Å². The van der Waals surface area contributed by atoms with Crippen LogP contribution in [0.4, 0.5) is 0 Å². The predicted molar refractivity (Wildman–Crippen MR) is 162 cm³/mol. The minimum atomic E-state index is -0.488. The highest BCUT2D eigenvalue weighted by atomic mass is 16.5. The Labute approximate surface area is 239 Å². The van der Waals surface area contributed by atoms with Crippen molar-refractivity contribution in [3.05, 3.63) is 131 Å². The van der Waals surface area contributed by atoms with Gasteiger partial charge in [0.1, 0.15) is 11.4 Å². The summed E-state index contributed by atoms with van der Waals surface area (Å²) >= 11 is 0. The van der Waals surface area contributed by atoms with E-state index in [1.165, 1.54) is 0 Å². The SMILES string of the molecule is O=C(Oc1c2nc(cc3ccc([nH]3)c(OC(=O)c3ccccc3)c3nc(cc4ccc1[nH]4)C=C3)C=C2)c1ccccc1. The van der Waals surface area contributed by atoms with Crippen LogP contribution in [0.25, 0.3) is 46.4 Å². The lowest BCUT2D eigenvalue weighted by molar-refractivity contribution is 0.0726. The van der Waals surface area contributed by atoms with Gasteiger partial charge in [0, 0.05) is 11.0 Å². The number of nitrogens with zero attached hydrogens (tertiary/aromatic N) is 2. The Balaban J connectivity index is 1.41. The minimum absolute atomic E-state index is 0.307. The number of carbonyl (C=O) groups excluding carboxylic acids is 2. The molecule has 3 aromatic heterocycles. The summed E-state index contributed by atoms with van der Waals surface area (Å²) in [5.74, 6) is -0.361. The monoisotopic (exact) mass is 550 g/mol. The zero-order chi connectivity index (χ0) is 28.5. The van der Waals surface area contributed by atoms with Gasteiger partial charge in [-0.3, -0.25) is 0 Å². The fraction of sp³-hybridized carbons (Fsp3) is 0. The highest BCUT2D eigenvalue weighted by Crippen LogP contribution is 2.30. The van der Waals surface area contributed by atoms with E-state index in [0.717, 1.165) is 11.0 Å². The third-order valence-corrected chi connectivity index (χ3v) is 6.71. The third kappa shape index (κ3) is 5.00. The zero-order valence-electron chi connectivity index (χ0n) is 22.1. The average molecular weight is 551 g/mol. The molecule has 2 aliphatic rings. The van der Waals surface area contributed by atoms with Crippen molar-refractivity contribution in [1.82, 2.24) is 19.9 Å². The number of fused-ring (bicyclic) bond motifs is 8. The Kier molecular flexibility index (Phi) is 6.25. The molecule has 202 valence electrons. The van der Waals surface area contributed by atoms with Crippen LogP contribution in [-0.2, 0) is 0 Å². The van der Waals surface area contributed by atoms with Gasteiger partial charge < -0.3 is 19.4 Å². The van der Waals surface area contributed by atoms with Gasteiger partial charge in [0.15, 0.2) is 11.5 Å². The number of ether oxygens (including phenoxy) is 2. The minimum Gasteiger partial charge on any atom is -0.418 e. The van der Waals surface area contributed by atoms with Gasteiger partial charge in [-0.2, -0.15) is 0 Å². The van der Waals surface area contributed by atoms with Crippen molar-refractivity contribution in [2.24, 2.45) is 0 Å². The first-order valence-electron chi connectivity index (χ1n) is 13.2. The zero-order valence-corrected chi connectivity index (χ0v) is 22.1. The molecule has 8 heteroatoms. The predicted octanol–water partition coefficient (Wildman–Crippen LogP) is 7.09. The molecule has 2 aliphatic heterocycles. The first kappa shape index (κ1) is 25.0. The molecular weight excluding hydrogens is 528 g/mol. The molecule has 0 saturated heterocycles. The van der Waals surface area contributed by atoms with Crippen LogP contribution in [0.3, 0.4) is 0 Å². The van der Waals surface area contributed by atoms with Crippen molar-refractivity contribution in [3.63, 3.8) is 0 Å². The highest BCUT2D eigenvalue weighted by molar-refractivity contribution is 5.94. The van der Waals surface area contributed by atoms with Crippen molar-refractivity contribution in [2.45, 2.75) is 0 Å². The Morgan fingerprint density at radius 2 is 0.952 bits per heavy atom. The van der Waals surface area contributed by atoms with Crippen LogP contribution in [0.1, 0.15) is 43.5 Å². The van der Waals surface area contributed by atoms with Crippen LogP contribution >= 0.6 is 0 Å². The summed E-state index contributed by atoms with van der Waals surface area (Å²) < 4.78 is 11.8. The second kappa shape index (κ2) is 10.5. The molecule has 5 heterocycles. The van der Waals surface area contributed by atoms with E-state index in [-0.39, 0.29) is 0 Å². The first-order chi connectivity index (χ1) is 20.6. The van der Waals surface area contributed by atoms with E-state index in [0.29, 0.717) is 56.4 Å². The molecule has 8 bridgehead atoms. The Morgan fingerprint density at radius 3 is 1.38 bits per heavy atom. The van der Waals surface area contributed by atoms with Gasteiger partial charge in [0.05, 0.1) is 33.5 Å². The van der Waals surface area contributed by atoms with Gasteiger partial charge in [0.2, 0.25) is 0 Å². The second-order valence-corrected chi connectivity index (χ2v) is 9.62. The Hall–Kier alpha value is -6.02. The number of hydrogen-bond acceptors (Lipinski definition) is 6. The molecule has 7 rings (SSSR count). The number of nitrogens with one attached hydrogen (secondary N) is 2. The fourth-order valence-corrected chi connectivity index (χ4v) is 4.69. The maximum absolute atomic E-state index is 13.0. The van der Waals surface area contributed by atoms with Gasteiger partial charge in [0.25, 0.3) is 0 Å². The molecule has 0 amide bonds. The van der Waals surface area contributed by atoms with Gasteiger partial charge in [-0.05, 0) is 85.0 Å². The van der Waals surface area contributed by atoms with Crippen LogP contribution < -0.4 is 9.47 Å². The standard InChI is InChI=1S/C34H22N4O4/c39-33(21-7-3-1-4-8-21)41-31-27-15-11-23(35-27)19-25-13-17-29(37-25)32(42-34(40)22-9-5-2-6-10-22)30-18-14-26(38-30)20-24-12-16-28(31)36-24/h1-20,35,38H. The third-order valence-electron chi connectivity index (χ3n) is 6.71. The van der Waals surface area contributed by atoms with E-state index in [4.69, 9.17) is 19.4 Å². The van der Waals surface area contributed by atoms with Gasteiger partial charge in [-0.15, -0.1) is 0 Å². The maximum Gasteiger partial charge on any atom is 0.343 e. The quantitative estimate of drug-likeness (QED) is 0.226. The summed E-state index contributed by atoms with van der Waals surface area (Å²) in [5, 5.41) is 0. The van der Waals surface area contributed by atoms with Crippen molar-refractivity contribution in [2.75, 3.05) is 0 Å². The number of aromatic nitrogens is 4. The number of hydrogen-bond donors (Lipinski definition) is 2. The van der Waals surface area contributed by atoms with E-state index in [1.54, 1.807) is 60.7 Å². The average Bonchev–Trinajstić information content (AvgIpc) is 3.84. The maximum atomic E-state index is 13.0. The smallest absolute Gasteiger partial charge is 0.343 e. The van der Waals surface area contributed by atoms with E-state index in [9.17, 15) is 9.59 Å². The first-order valence-corrected chi connectivity index (χ1v) is 13.2. The molecular formula is C34H22N4O4. The van der Waals surface area contributed by atoms with Crippen molar-refractivity contribution < 1.29 is 19.1 Å². The molecule has 0 spiro atoms. The van der Waals surface area contributed by atoms with E-state index in [2.05, 4.69) is 9.97 Å². The molecule has 2 N–H and O–H groups in total. The molecule has 0 radical (unpaired) electrons. The molecule has 0 aliphatic carbocycles. The summed E-state index contributed by atoms with van der Waals surface area (Å²) in [6.07, 6.45) is 7.28. The summed E-state index contributed by atoms with van der Waals surface area (Å²) in [7, 11) is 0. The van der Waals surface area contributed by atoms with Crippen LogP contribution in [0.15, 0.2) is 97.1 Å². The topological polar surface area (TPSA) is 110 Å². The fourth-order valence-electron chi connectivity index (χ4n) is 4.69. The normalized spacial score (nSPS) is 11.8. The van der Waals surface area contributed by atoms with Crippen molar-refractivity contribution in [3.8, 4) is 11.5 Å². The van der Waals surface area contributed by atoms with Gasteiger partial charge in [-0.25, -0.2) is 19.6 Å². The van der Waals surface area contributed by atoms with Crippen LogP contribution in [0.5, 0.6) is 11.5 Å². The number of rotatable bonds is 4. The summed E-state index contributed by atoms with van der Waals surface area (Å²) in [6.45, 7) is 0. The number of esters is 2. The van der Waals surface area contributed by atoms with E-state index < -0.39 is 11.9 Å². The largest absolute Gasteiger partial charge is 0.418 e. The number of aromatic amines is 2. The van der Waals surface area contributed by atoms with Gasteiger partial charge in [-0.1, -0.05) is 36.4 Å². The van der Waals surface area contributed by atoms with Crippen molar-refractivity contribution >= 4 is 58.3 Å². The van der Waals surface area contributed by atoms with E-state index in [1.807, 2.05) is 60.7 Å². The van der Waals surface area contributed by atoms with Gasteiger partial charge >= 0.3 is 11.9 Å². The Bertz CT molecular complexity index is 1920. The molecule has 0 unspecified atom stereocenters. The summed E-state index contributed by atoms with van der Waals surface area (Å²) in [5.41, 5.74) is 5.79. The summed E-state index contributed by atoms with van der Waals surface area (Å²) in [4.78, 5) is 42.1. The second-order valence-electron chi connectivity index (χ2n) is 9.62. The van der Waals surface area contributed by atoms with Crippen molar-refractivity contribution in [1.29, 1.82) is 0 Å². The lowest BCUT2D eigenvalue weighted by Crippen LogP contribution is -2.09. The molecule has 0 fully saturated rings. The lowest BCUT2D eigenvalue weighted by atomic mass is 10.2. The lowest BCUT2D eigenvalue weighted by Gasteiger charge is -2.05. The Morgan fingerprint density at radius 1 is 0.524 bits per heavy atom. The summed E-state index contributed by atoms with van der Waals surface area (Å²) in [6, 6.07) is 28.7. The molecule has 0 atom stereocenters. The molecule has 2 aromatic carbocycles. The van der Waals surface area contributed by atoms with Crippen LogP contribution in [0, 0.1) is 0 Å². The molecule has 8 nitrogen and oxygen atoms in total. The number of carbonyl (C=O) groups is 2. The number of benzene rings is 2. The van der Waals surface area contributed by atoms with Crippen LogP contribution in [-0.4, -0.2) is 31.9 Å². The molecule has 42 heavy (non-hydrogen) atoms. The number of H-pyrrole nitrogens is 2. The molecule has 5 aromatic rings. The molecule has 0 saturated carbocycles. The highest BCUT2D eigenvalue weighted by Gasteiger charge is 2.17. The van der Waals surface area contributed by atoms with Crippen LogP contribution in [0.2, 0.25) is 0 Å².